The second-order valence-electron chi connectivity index (χ2n) is 6.34. The number of nitrogens with zero attached hydrogens (tertiary/aromatic N) is 2. The maximum absolute atomic E-state index is 11.0. The van der Waals surface area contributed by atoms with E-state index in [9.17, 15) is 4.79 Å². The van der Waals surface area contributed by atoms with E-state index < -0.39 is 5.91 Å². The number of aromatic nitrogens is 2. The molecule has 2 aliphatic rings. The molecule has 120 valence electrons. The number of ether oxygens (including phenoxy) is 1. The summed E-state index contributed by atoms with van der Waals surface area (Å²) in [5.41, 5.74) is 5.62. The highest BCUT2D eigenvalue weighted by molar-refractivity contribution is 5.90. The van der Waals surface area contributed by atoms with Gasteiger partial charge in [0.2, 0.25) is 0 Å². The molecule has 1 aromatic rings. The summed E-state index contributed by atoms with van der Waals surface area (Å²) >= 11 is 0. The molecule has 1 spiro atoms. The van der Waals surface area contributed by atoms with Gasteiger partial charge in [0.1, 0.15) is 5.82 Å². The third-order valence-electron chi connectivity index (χ3n) is 5.18. The second-order valence-corrected chi connectivity index (χ2v) is 6.34. The van der Waals surface area contributed by atoms with Crippen LogP contribution in [0.15, 0.2) is 12.1 Å². The van der Waals surface area contributed by atoms with Gasteiger partial charge in [0.15, 0.2) is 5.69 Å². The van der Waals surface area contributed by atoms with E-state index in [1.165, 1.54) is 32.1 Å². The summed E-state index contributed by atoms with van der Waals surface area (Å²) in [7, 11) is 0. The molecule has 3 N–H and O–H groups in total. The molecule has 0 radical (unpaired) electrons. The zero-order valence-electron chi connectivity index (χ0n) is 13.0. The minimum atomic E-state index is -0.553. The number of carbonyl (C=O) groups excluding carboxylic acids is 1. The van der Waals surface area contributed by atoms with Crippen LogP contribution in [-0.2, 0) is 4.74 Å². The summed E-state index contributed by atoms with van der Waals surface area (Å²) in [4.78, 5) is 11.0. The molecular weight excluding hydrogens is 280 g/mol. The van der Waals surface area contributed by atoms with Gasteiger partial charge in [-0.15, -0.1) is 10.2 Å². The van der Waals surface area contributed by atoms with Crippen LogP contribution < -0.4 is 11.1 Å². The van der Waals surface area contributed by atoms with Crippen LogP contribution in [-0.4, -0.2) is 34.9 Å². The average Bonchev–Trinajstić information content (AvgIpc) is 2.55. The highest BCUT2D eigenvalue weighted by Gasteiger charge is 2.55. The Morgan fingerprint density at radius 2 is 2.14 bits per heavy atom. The number of nitrogens with one attached hydrogen (secondary N) is 1. The van der Waals surface area contributed by atoms with E-state index in [4.69, 9.17) is 10.5 Å². The molecule has 1 amide bonds. The monoisotopic (exact) mass is 304 g/mol. The molecule has 2 saturated carbocycles. The molecule has 6 nitrogen and oxygen atoms in total. The molecule has 0 aliphatic heterocycles. The molecule has 22 heavy (non-hydrogen) atoms. The Hall–Kier alpha value is -1.69. The summed E-state index contributed by atoms with van der Waals surface area (Å²) < 4.78 is 5.95. The largest absolute Gasteiger partial charge is 0.378 e. The first-order valence-electron chi connectivity index (χ1n) is 8.17. The smallest absolute Gasteiger partial charge is 0.269 e. The van der Waals surface area contributed by atoms with E-state index in [0.717, 1.165) is 13.0 Å². The number of anilines is 1. The van der Waals surface area contributed by atoms with Crippen molar-refractivity contribution in [3.8, 4) is 0 Å². The van der Waals surface area contributed by atoms with Gasteiger partial charge in [-0.05, 0) is 38.3 Å². The Bertz CT molecular complexity index is 525. The maximum atomic E-state index is 11.0. The first-order chi connectivity index (χ1) is 10.7. The number of primary amides is 1. The fourth-order valence-electron chi connectivity index (χ4n) is 3.98. The predicted molar refractivity (Wildman–Crippen MR) is 83.5 cm³/mol. The molecule has 1 aromatic heterocycles. The van der Waals surface area contributed by atoms with Crippen LogP contribution in [0.1, 0.15) is 55.9 Å². The van der Waals surface area contributed by atoms with Gasteiger partial charge >= 0.3 is 0 Å². The summed E-state index contributed by atoms with van der Waals surface area (Å²) in [6, 6.07) is 3.76. The number of hydrogen-bond acceptors (Lipinski definition) is 5. The molecule has 1 heterocycles. The summed E-state index contributed by atoms with van der Waals surface area (Å²) in [5.74, 6) is 0.151. The van der Waals surface area contributed by atoms with E-state index in [2.05, 4.69) is 22.4 Å². The average molecular weight is 304 g/mol. The molecule has 2 atom stereocenters. The lowest BCUT2D eigenvalue weighted by atomic mass is 9.55. The zero-order valence-corrected chi connectivity index (χ0v) is 13.0. The van der Waals surface area contributed by atoms with E-state index >= 15 is 0 Å². The first-order valence-corrected chi connectivity index (χ1v) is 8.17. The van der Waals surface area contributed by atoms with Crippen LogP contribution in [0, 0.1) is 5.41 Å². The lowest BCUT2D eigenvalue weighted by Gasteiger charge is -2.57. The minimum absolute atomic E-state index is 0.193. The third kappa shape index (κ3) is 2.67. The van der Waals surface area contributed by atoms with Gasteiger partial charge in [-0.25, -0.2) is 0 Å². The molecule has 2 aliphatic carbocycles. The van der Waals surface area contributed by atoms with Crippen molar-refractivity contribution in [2.45, 2.75) is 57.6 Å². The Labute approximate surface area is 130 Å². The van der Waals surface area contributed by atoms with Gasteiger partial charge in [-0.1, -0.05) is 19.3 Å². The number of carbonyl (C=O) groups is 1. The van der Waals surface area contributed by atoms with Gasteiger partial charge < -0.3 is 15.8 Å². The fraction of sp³-hybridized carbons (Fsp3) is 0.688. The number of hydrogen-bond donors (Lipinski definition) is 2. The van der Waals surface area contributed by atoms with Crippen molar-refractivity contribution >= 4 is 11.7 Å². The standard InChI is InChI=1S/C16H24N4O2/c1-2-22-13-10-12(16(13)8-4-3-5-9-16)18-14-7-6-11(15(17)21)19-20-14/h6-7,12-13H,2-5,8-10H2,1H3,(H2,17,21)(H,18,20)/t12-,13+/m1/s1. The van der Waals surface area contributed by atoms with Crippen molar-refractivity contribution in [2.24, 2.45) is 11.1 Å². The van der Waals surface area contributed by atoms with E-state index in [0.29, 0.717) is 18.0 Å². The van der Waals surface area contributed by atoms with Crippen molar-refractivity contribution in [3.63, 3.8) is 0 Å². The summed E-state index contributed by atoms with van der Waals surface area (Å²) in [6.45, 7) is 2.83. The molecule has 0 aromatic carbocycles. The van der Waals surface area contributed by atoms with Gasteiger partial charge in [-0.2, -0.15) is 0 Å². The molecule has 0 unspecified atom stereocenters. The first kappa shape index (κ1) is 15.2. The number of amides is 1. The Balaban J connectivity index is 1.70. The summed E-state index contributed by atoms with van der Waals surface area (Å²) in [5, 5.41) is 11.4. The molecule has 2 fully saturated rings. The number of nitrogens with two attached hydrogens (primary N) is 1. The Morgan fingerprint density at radius 3 is 2.73 bits per heavy atom. The zero-order chi connectivity index (χ0) is 15.6. The van der Waals surface area contributed by atoms with Crippen molar-refractivity contribution < 1.29 is 9.53 Å². The van der Waals surface area contributed by atoms with Crippen molar-refractivity contribution in [1.82, 2.24) is 10.2 Å². The van der Waals surface area contributed by atoms with Crippen LogP contribution in [0.25, 0.3) is 0 Å². The van der Waals surface area contributed by atoms with E-state index in [1.807, 2.05) is 0 Å². The molecular formula is C16H24N4O2. The second kappa shape index (κ2) is 6.20. The van der Waals surface area contributed by atoms with Crippen molar-refractivity contribution in [1.29, 1.82) is 0 Å². The van der Waals surface area contributed by atoms with Crippen LogP contribution in [0.3, 0.4) is 0 Å². The Morgan fingerprint density at radius 1 is 1.36 bits per heavy atom. The van der Waals surface area contributed by atoms with Crippen molar-refractivity contribution in [3.05, 3.63) is 17.8 Å². The molecule has 0 saturated heterocycles. The summed E-state index contributed by atoms with van der Waals surface area (Å²) in [6.07, 6.45) is 7.65. The highest BCUT2D eigenvalue weighted by Crippen LogP contribution is 2.54. The lowest BCUT2D eigenvalue weighted by molar-refractivity contribution is -0.134. The highest BCUT2D eigenvalue weighted by atomic mass is 16.5. The van der Waals surface area contributed by atoms with E-state index in [1.54, 1.807) is 12.1 Å². The fourth-order valence-corrected chi connectivity index (χ4v) is 3.98. The Kier molecular flexibility index (Phi) is 4.29. The van der Waals surface area contributed by atoms with Gasteiger partial charge in [-0.3, -0.25) is 4.79 Å². The quantitative estimate of drug-likeness (QED) is 0.869. The lowest BCUT2D eigenvalue weighted by Crippen LogP contribution is -2.62. The molecule has 6 heteroatoms. The minimum Gasteiger partial charge on any atom is -0.378 e. The van der Waals surface area contributed by atoms with Crippen LogP contribution >= 0.6 is 0 Å². The van der Waals surface area contributed by atoms with Crippen LogP contribution in [0.5, 0.6) is 0 Å². The topological polar surface area (TPSA) is 90.1 Å². The van der Waals surface area contributed by atoms with Gasteiger partial charge in [0.25, 0.3) is 5.91 Å². The maximum Gasteiger partial charge on any atom is 0.269 e. The van der Waals surface area contributed by atoms with Crippen LogP contribution in [0.2, 0.25) is 0 Å². The van der Waals surface area contributed by atoms with Gasteiger partial charge in [0, 0.05) is 18.1 Å². The third-order valence-corrected chi connectivity index (χ3v) is 5.18. The number of rotatable bonds is 5. The SMILES string of the molecule is CCO[C@H]1C[C@@H](Nc2ccc(C(N)=O)nn2)C12CCCCC2. The normalized spacial score (nSPS) is 26.4. The van der Waals surface area contributed by atoms with Crippen LogP contribution in [0.4, 0.5) is 5.82 Å². The van der Waals surface area contributed by atoms with Gasteiger partial charge in [0.05, 0.1) is 6.10 Å². The molecule has 3 rings (SSSR count). The molecule has 0 bridgehead atoms. The van der Waals surface area contributed by atoms with E-state index in [-0.39, 0.29) is 11.1 Å². The predicted octanol–water partition coefficient (Wildman–Crippen LogP) is 2.12. The van der Waals surface area contributed by atoms with Crippen molar-refractivity contribution in [2.75, 3.05) is 11.9 Å².